The molecular weight excluding hydrogens is 396 g/mol. The van der Waals surface area contributed by atoms with Gasteiger partial charge >= 0.3 is 0 Å². The number of rotatable bonds is 3. The fraction of sp³-hybridized carbons (Fsp3) is 0.188. The molecule has 2 aromatic carbocycles. The van der Waals surface area contributed by atoms with Gasteiger partial charge in [-0.2, -0.15) is 0 Å². The molecule has 0 spiro atoms. The van der Waals surface area contributed by atoms with E-state index in [2.05, 4.69) is 21.2 Å². The molecular formula is C16H15BrN2O4S. The first kappa shape index (κ1) is 16.8. The molecule has 1 aliphatic rings. The highest BCUT2D eigenvalue weighted by atomic mass is 79.9. The number of sulfonamides is 1. The third-order valence-electron chi connectivity index (χ3n) is 3.56. The number of hydrogen-bond donors (Lipinski definition) is 1. The summed E-state index contributed by atoms with van der Waals surface area (Å²) in [6, 6.07) is 13.9. The van der Waals surface area contributed by atoms with Crippen molar-refractivity contribution >= 4 is 43.2 Å². The fourth-order valence-corrected chi connectivity index (χ4v) is 3.73. The van der Waals surface area contributed by atoms with Gasteiger partial charge in [0.25, 0.3) is 5.91 Å². The van der Waals surface area contributed by atoms with Crippen LogP contribution >= 0.6 is 15.9 Å². The van der Waals surface area contributed by atoms with Crippen molar-refractivity contribution in [2.24, 2.45) is 0 Å². The quantitative estimate of drug-likeness (QED) is 0.843. The highest BCUT2D eigenvalue weighted by Crippen LogP contribution is 2.35. The summed E-state index contributed by atoms with van der Waals surface area (Å²) in [5.41, 5.74) is 1.03. The molecule has 1 N–H and O–H groups in total. The predicted molar refractivity (Wildman–Crippen MR) is 95.8 cm³/mol. The van der Waals surface area contributed by atoms with E-state index in [1.165, 1.54) is 4.31 Å². The molecule has 0 saturated heterocycles. The summed E-state index contributed by atoms with van der Waals surface area (Å²) in [6.07, 6.45) is 0.166. The molecule has 0 aromatic heterocycles. The summed E-state index contributed by atoms with van der Waals surface area (Å²) < 4.78 is 31.7. The summed E-state index contributed by atoms with van der Waals surface area (Å²) in [5, 5.41) is 2.75. The van der Waals surface area contributed by atoms with E-state index in [4.69, 9.17) is 4.74 Å². The number of hydrogen-bond acceptors (Lipinski definition) is 4. The van der Waals surface area contributed by atoms with E-state index in [1.54, 1.807) is 42.5 Å². The van der Waals surface area contributed by atoms with Crippen molar-refractivity contribution in [1.82, 2.24) is 0 Å². The van der Waals surface area contributed by atoms with Gasteiger partial charge < -0.3 is 10.1 Å². The van der Waals surface area contributed by atoms with Crippen LogP contribution in [0.1, 0.15) is 0 Å². The smallest absolute Gasteiger partial charge is 0.267 e. The van der Waals surface area contributed by atoms with Gasteiger partial charge in [0.1, 0.15) is 5.75 Å². The van der Waals surface area contributed by atoms with Crippen LogP contribution in [0.4, 0.5) is 11.4 Å². The Morgan fingerprint density at radius 1 is 1.21 bits per heavy atom. The molecule has 0 fully saturated rings. The van der Waals surface area contributed by atoms with Crippen LogP contribution in [0, 0.1) is 0 Å². The first-order valence-electron chi connectivity index (χ1n) is 7.15. The lowest BCUT2D eigenvalue weighted by atomic mass is 10.2. The molecule has 3 rings (SSSR count). The van der Waals surface area contributed by atoms with E-state index in [0.29, 0.717) is 17.1 Å². The van der Waals surface area contributed by atoms with Gasteiger partial charge in [0.15, 0.2) is 6.10 Å². The second kappa shape index (κ2) is 6.45. The molecule has 6 nitrogen and oxygen atoms in total. The normalized spacial score (nSPS) is 16.9. The summed E-state index contributed by atoms with van der Waals surface area (Å²) in [5.74, 6) is -0.0495. The Kier molecular flexibility index (Phi) is 4.51. The van der Waals surface area contributed by atoms with Crippen LogP contribution in [0.15, 0.2) is 53.0 Å². The van der Waals surface area contributed by atoms with Crippen molar-refractivity contribution < 1.29 is 17.9 Å². The fourth-order valence-electron chi connectivity index (χ4n) is 2.43. The minimum atomic E-state index is -3.52. The largest absolute Gasteiger partial charge is 0.476 e. The number of carbonyl (C=O) groups is 1. The molecule has 1 amide bonds. The topological polar surface area (TPSA) is 75.7 Å². The van der Waals surface area contributed by atoms with Gasteiger partial charge in [-0.05, 0) is 40.2 Å². The van der Waals surface area contributed by atoms with Crippen molar-refractivity contribution in [3.05, 3.63) is 53.0 Å². The summed E-state index contributed by atoms with van der Waals surface area (Å²) in [6.45, 7) is -0.0772. The zero-order valence-corrected chi connectivity index (χ0v) is 15.2. The van der Waals surface area contributed by atoms with Crippen molar-refractivity contribution in [3.63, 3.8) is 0 Å². The van der Waals surface area contributed by atoms with Crippen LogP contribution in [0.3, 0.4) is 0 Å². The zero-order chi connectivity index (χ0) is 17.3. The lowest BCUT2D eigenvalue weighted by Gasteiger charge is -2.33. The minimum Gasteiger partial charge on any atom is -0.476 e. The molecule has 0 radical (unpaired) electrons. The molecule has 126 valence electrons. The molecule has 1 atom stereocenters. The SMILES string of the molecule is CS(=O)(=O)N1CC(C(=O)Nc2ccccc2Br)Oc2ccccc21. The van der Waals surface area contributed by atoms with Crippen LogP contribution in [0.25, 0.3) is 0 Å². The maximum Gasteiger partial charge on any atom is 0.267 e. The first-order valence-corrected chi connectivity index (χ1v) is 9.79. The number of nitrogens with one attached hydrogen (secondary N) is 1. The summed E-state index contributed by atoms with van der Waals surface area (Å²) in [4.78, 5) is 12.5. The highest BCUT2D eigenvalue weighted by Gasteiger charge is 2.34. The Hall–Kier alpha value is -2.06. The van der Waals surface area contributed by atoms with E-state index in [9.17, 15) is 13.2 Å². The van der Waals surface area contributed by atoms with Gasteiger partial charge in [-0.25, -0.2) is 8.42 Å². The maximum atomic E-state index is 12.5. The summed E-state index contributed by atoms with van der Waals surface area (Å²) in [7, 11) is -3.52. The number of halogens is 1. The Labute approximate surface area is 148 Å². The van der Waals surface area contributed by atoms with Crippen LogP contribution < -0.4 is 14.4 Å². The lowest BCUT2D eigenvalue weighted by Crippen LogP contribution is -2.48. The van der Waals surface area contributed by atoms with Crippen molar-refractivity contribution in [3.8, 4) is 5.75 Å². The minimum absolute atomic E-state index is 0.0772. The number of ether oxygens (including phenoxy) is 1. The van der Waals surface area contributed by atoms with E-state index >= 15 is 0 Å². The number of para-hydroxylation sites is 3. The van der Waals surface area contributed by atoms with Crippen LogP contribution in [-0.4, -0.2) is 33.2 Å². The van der Waals surface area contributed by atoms with Gasteiger partial charge in [-0.3, -0.25) is 9.10 Å². The van der Waals surface area contributed by atoms with Gasteiger partial charge in [0.2, 0.25) is 10.0 Å². The maximum absolute atomic E-state index is 12.5. The van der Waals surface area contributed by atoms with E-state index in [1.807, 2.05) is 6.07 Å². The van der Waals surface area contributed by atoms with E-state index in [0.717, 1.165) is 10.7 Å². The Morgan fingerprint density at radius 3 is 2.58 bits per heavy atom. The third kappa shape index (κ3) is 3.39. The number of amides is 1. The second-order valence-corrected chi connectivity index (χ2v) is 8.10. The van der Waals surface area contributed by atoms with Crippen LogP contribution in [-0.2, 0) is 14.8 Å². The monoisotopic (exact) mass is 410 g/mol. The summed E-state index contributed by atoms with van der Waals surface area (Å²) >= 11 is 3.36. The van der Waals surface area contributed by atoms with Gasteiger partial charge in [0.05, 0.1) is 24.2 Å². The zero-order valence-electron chi connectivity index (χ0n) is 12.8. The van der Waals surface area contributed by atoms with Crippen molar-refractivity contribution in [2.45, 2.75) is 6.10 Å². The van der Waals surface area contributed by atoms with Gasteiger partial charge in [0, 0.05) is 4.47 Å². The number of anilines is 2. The second-order valence-electron chi connectivity index (χ2n) is 5.34. The first-order chi connectivity index (χ1) is 11.4. The number of fused-ring (bicyclic) bond motifs is 1. The molecule has 2 aromatic rings. The molecule has 8 heteroatoms. The van der Waals surface area contributed by atoms with Crippen molar-refractivity contribution in [2.75, 3.05) is 22.4 Å². The van der Waals surface area contributed by atoms with Crippen molar-refractivity contribution in [1.29, 1.82) is 0 Å². The van der Waals surface area contributed by atoms with Crippen LogP contribution in [0.2, 0.25) is 0 Å². The standard InChI is InChI=1S/C16H15BrN2O4S/c1-24(21,22)19-10-15(23-14-9-5-4-8-13(14)19)16(20)18-12-7-3-2-6-11(12)17/h2-9,15H,10H2,1H3,(H,18,20). The number of carbonyl (C=O) groups excluding carboxylic acids is 1. The van der Waals surface area contributed by atoms with E-state index in [-0.39, 0.29) is 6.54 Å². The third-order valence-corrected chi connectivity index (χ3v) is 5.40. The Balaban J connectivity index is 1.88. The van der Waals surface area contributed by atoms with Crippen LogP contribution in [0.5, 0.6) is 5.75 Å². The number of nitrogens with zero attached hydrogens (tertiary/aromatic N) is 1. The van der Waals surface area contributed by atoms with Gasteiger partial charge in [-0.15, -0.1) is 0 Å². The molecule has 1 unspecified atom stereocenters. The van der Waals surface area contributed by atoms with Gasteiger partial charge in [-0.1, -0.05) is 24.3 Å². The highest BCUT2D eigenvalue weighted by molar-refractivity contribution is 9.10. The number of benzene rings is 2. The Morgan fingerprint density at radius 2 is 1.88 bits per heavy atom. The predicted octanol–water partition coefficient (Wildman–Crippen LogP) is 2.61. The molecule has 24 heavy (non-hydrogen) atoms. The molecule has 1 heterocycles. The molecule has 1 aliphatic heterocycles. The van der Waals surface area contributed by atoms with E-state index < -0.39 is 22.0 Å². The Bertz CT molecular complexity index is 885. The molecule has 0 aliphatic carbocycles. The lowest BCUT2D eigenvalue weighted by molar-refractivity contribution is -0.122. The average molecular weight is 411 g/mol. The average Bonchev–Trinajstić information content (AvgIpc) is 2.55. The molecule has 0 saturated carbocycles. The molecule has 0 bridgehead atoms.